The van der Waals surface area contributed by atoms with Crippen molar-refractivity contribution in [2.45, 2.75) is 51.0 Å². The lowest BCUT2D eigenvalue weighted by Gasteiger charge is -2.16. The topological polar surface area (TPSA) is 95.5 Å². The van der Waals surface area contributed by atoms with E-state index in [-0.39, 0.29) is 16.5 Å². The first-order valence-corrected chi connectivity index (χ1v) is 8.93. The number of carboxylic acids is 1. The molecule has 0 fully saturated rings. The van der Waals surface area contributed by atoms with Crippen LogP contribution < -0.4 is 10.0 Å². The number of hydrogen-bond acceptors (Lipinski definition) is 4. The van der Waals surface area contributed by atoms with Gasteiger partial charge in [-0.1, -0.05) is 20.3 Å². The van der Waals surface area contributed by atoms with Crippen LogP contribution in [0.25, 0.3) is 0 Å². The summed E-state index contributed by atoms with van der Waals surface area (Å²) in [6.07, 6.45) is 2.53. The van der Waals surface area contributed by atoms with Gasteiger partial charge in [-0.05, 0) is 38.0 Å². The maximum absolute atomic E-state index is 12.5. The molecule has 0 bridgehead atoms. The zero-order chi connectivity index (χ0) is 16.8. The van der Waals surface area contributed by atoms with Crippen LogP contribution in [0.15, 0.2) is 23.1 Å². The number of carbonyl (C=O) groups is 1. The third-order valence-electron chi connectivity index (χ3n) is 3.33. The Morgan fingerprint density at radius 1 is 1.32 bits per heavy atom. The van der Waals surface area contributed by atoms with Crippen molar-refractivity contribution in [3.63, 3.8) is 0 Å². The minimum atomic E-state index is -3.77. The highest BCUT2D eigenvalue weighted by Gasteiger charge is 2.22. The zero-order valence-corrected chi connectivity index (χ0v) is 14.0. The van der Waals surface area contributed by atoms with Crippen molar-refractivity contribution in [1.82, 2.24) is 4.72 Å². The van der Waals surface area contributed by atoms with E-state index in [1.165, 1.54) is 18.2 Å². The molecule has 1 aromatic rings. The van der Waals surface area contributed by atoms with Gasteiger partial charge in [0, 0.05) is 12.6 Å². The molecular weight excluding hydrogens is 304 g/mol. The second kappa shape index (κ2) is 8.14. The molecule has 0 amide bonds. The monoisotopic (exact) mass is 328 g/mol. The molecule has 6 nitrogen and oxygen atoms in total. The Morgan fingerprint density at radius 2 is 2.00 bits per heavy atom. The molecule has 0 heterocycles. The van der Waals surface area contributed by atoms with E-state index in [0.29, 0.717) is 18.7 Å². The molecule has 0 aromatic heterocycles. The van der Waals surface area contributed by atoms with Gasteiger partial charge in [0.25, 0.3) is 0 Å². The summed E-state index contributed by atoms with van der Waals surface area (Å²) in [6.45, 7) is 6.32. The molecular formula is C15H24N2O4S. The van der Waals surface area contributed by atoms with Crippen molar-refractivity contribution in [3.8, 4) is 0 Å². The molecule has 1 atom stereocenters. The molecule has 0 aliphatic rings. The number of hydrogen-bond donors (Lipinski definition) is 3. The van der Waals surface area contributed by atoms with E-state index >= 15 is 0 Å². The normalized spacial score (nSPS) is 12.9. The molecule has 0 aliphatic carbocycles. The van der Waals surface area contributed by atoms with Crippen molar-refractivity contribution >= 4 is 21.7 Å². The zero-order valence-electron chi connectivity index (χ0n) is 13.2. The van der Waals surface area contributed by atoms with Crippen molar-refractivity contribution < 1.29 is 18.3 Å². The lowest BCUT2D eigenvalue weighted by atomic mass is 10.2. The van der Waals surface area contributed by atoms with E-state index < -0.39 is 16.0 Å². The largest absolute Gasteiger partial charge is 0.478 e. The average Bonchev–Trinajstić information content (AvgIpc) is 2.46. The highest BCUT2D eigenvalue weighted by molar-refractivity contribution is 7.89. The van der Waals surface area contributed by atoms with Crippen molar-refractivity contribution in [1.29, 1.82) is 0 Å². The number of carboxylic acid groups (broad SMARTS) is 1. The van der Waals surface area contributed by atoms with Gasteiger partial charge in [-0.25, -0.2) is 17.9 Å². The maximum atomic E-state index is 12.5. The van der Waals surface area contributed by atoms with Gasteiger partial charge < -0.3 is 10.4 Å². The number of aromatic carboxylic acids is 1. The van der Waals surface area contributed by atoms with E-state index in [1.54, 1.807) is 6.92 Å². The summed E-state index contributed by atoms with van der Waals surface area (Å²) < 4.78 is 27.5. The predicted octanol–water partition coefficient (Wildman–Crippen LogP) is 2.67. The molecule has 1 aromatic carbocycles. The summed E-state index contributed by atoms with van der Waals surface area (Å²) >= 11 is 0. The summed E-state index contributed by atoms with van der Waals surface area (Å²) in [4.78, 5) is 11.1. The van der Waals surface area contributed by atoms with Gasteiger partial charge >= 0.3 is 5.97 Å². The molecule has 22 heavy (non-hydrogen) atoms. The van der Waals surface area contributed by atoms with Gasteiger partial charge in [0.1, 0.15) is 4.90 Å². The molecule has 3 N–H and O–H groups in total. The Labute approximate surface area is 132 Å². The highest BCUT2D eigenvalue weighted by Crippen LogP contribution is 2.23. The van der Waals surface area contributed by atoms with Crippen LogP contribution in [0.5, 0.6) is 0 Å². The van der Waals surface area contributed by atoms with E-state index in [0.717, 1.165) is 12.8 Å². The lowest BCUT2D eigenvalue weighted by Crippen LogP contribution is -2.32. The summed E-state index contributed by atoms with van der Waals surface area (Å²) in [7, 11) is -3.77. The third kappa shape index (κ3) is 4.99. The average molecular weight is 328 g/mol. The second-order valence-electron chi connectivity index (χ2n) is 5.23. The molecule has 0 saturated carbocycles. The van der Waals surface area contributed by atoms with Gasteiger partial charge in [0.15, 0.2) is 0 Å². The number of anilines is 1. The van der Waals surface area contributed by atoms with Crippen LogP contribution in [-0.4, -0.2) is 32.1 Å². The minimum Gasteiger partial charge on any atom is -0.478 e. The first kappa shape index (κ1) is 18.4. The molecule has 1 unspecified atom stereocenters. The van der Waals surface area contributed by atoms with Crippen molar-refractivity contribution in [2.75, 3.05) is 11.9 Å². The number of nitrogens with one attached hydrogen (secondary N) is 2. The fraction of sp³-hybridized carbons (Fsp3) is 0.533. The van der Waals surface area contributed by atoms with Crippen LogP contribution in [0.2, 0.25) is 0 Å². The smallest absolute Gasteiger partial charge is 0.335 e. The Morgan fingerprint density at radius 3 is 2.55 bits per heavy atom. The summed E-state index contributed by atoms with van der Waals surface area (Å²) in [5, 5.41) is 12.1. The van der Waals surface area contributed by atoms with Gasteiger partial charge in [0.2, 0.25) is 10.0 Å². The first-order valence-electron chi connectivity index (χ1n) is 7.45. The number of sulfonamides is 1. The first-order chi connectivity index (χ1) is 10.3. The number of unbranched alkanes of at least 4 members (excludes halogenated alkanes) is 1. The molecule has 1 rings (SSSR count). The van der Waals surface area contributed by atoms with Gasteiger partial charge in [0.05, 0.1) is 11.3 Å². The number of rotatable bonds is 9. The van der Waals surface area contributed by atoms with E-state index in [1.807, 2.05) is 13.8 Å². The number of benzene rings is 1. The SMILES string of the molecule is CCCCNc1ccc(C(=O)O)cc1S(=O)(=O)NC(C)CC. The Bertz CT molecular complexity index is 614. The second-order valence-corrected chi connectivity index (χ2v) is 6.91. The molecule has 0 spiro atoms. The van der Waals surface area contributed by atoms with Crippen LogP contribution in [0.3, 0.4) is 0 Å². The van der Waals surface area contributed by atoms with Gasteiger partial charge in [-0.2, -0.15) is 0 Å². The molecule has 0 saturated heterocycles. The Kier molecular flexibility index (Phi) is 6.83. The molecule has 7 heteroatoms. The molecule has 0 radical (unpaired) electrons. The van der Waals surface area contributed by atoms with E-state index in [9.17, 15) is 13.2 Å². The third-order valence-corrected chi connectivity index (χ3v) is 4.96. The predicted molar refractivity (Wildman–Crippen MR) is 86.9 cm³/mol. The van der Waals surface area contributed by atoms with Gasteiger partial charge in [-0.15, -0.1) is 0 Å². The summed E-state index contributed by atoms with van der Waals surface area (Å²) in [5.41, 5.74) is 0.375. The standard InChI is InChI=1S/C15H24N2O4S/c1-4-6-9-16-13-8-7-12(15(18)19)10-14(13)22(20,21)17-11(3)5-2/h7-8,10-11,16-17H,4-6,9H2,1-3H3,(H,18,19). The van der Waals surface area contributed by atoms with Crippen LogP contribution in [0, 0.1) is 0 Å². The summed E-state index contributed by atoms with van der Waals surface area (Å²) in [6, 6.07) is 3.88. The maximum Gasteiger partial charge on any atom is 0.335 e. The van der Waals surface area contributed by atoms with Crippen molar-refractivity contribution in [2.24, 2.45) is 0 Å². The fourth-order valence-corrected chi connectivity index (χ4v) is 3.37. The quantitative estimate of drug-likeness (QED) is 0.606. The van der Waals surface area contributed by atoms with Crippen molar-refractivity contribution in [3.05, 3.63) is 23.8 Å². The Balaban J connectivity index is 3.21. The van der Waals surface area contributed by atoms with E-state index in [4.69, 9.17) is 5.11 Å². The molecule has 124 valence electrons. The van der Waals surface area contributed by atoms with Crippen LogP contribution in [0.4, 0.5) is 5.69 Å². The highest BCUT2D eigenvalue weighted by atomic mass is 32.2. The lowest BCUT2D eigenvalue weighted by molar-refractivity contribution is 0.0696. The Hall–Kier alpha value is -1.60. The van der Waals surface area contributed by atoms with Crippen LogP contribution in [-0.2, 0) is 10.0 Å². The van der Waals surface area contributed by atoms with Crippen LogP contribution >= 0.6 is 0 Å². The summed E-state index contributed by atoms with van der Waals surface area (Å²) in [5.74, 6) is -1.15. The van der Waals surface area contributed by atoms with Gasteiger partial charge in [-0.3, -0.25) is 0 Å². The molecule has 0 aliphatic heterocycles. The minimum absolute atomic E-state index is 0.0243. The van der Waals surface area contributed by atoms with E-state index in [2.05, 4.69) is 10.0 Å². The fourth-order valence-electron chi connectivity index (χ4n) is 1.84. The van der Waals surface area contributed by atoms with Crippen LogP contribution in [0.1, 0.15) is 50.4 Å².